The number of hydrogen-bond acceptors (Lipinski definition) is 3. The van der Waals surface area contributed by atoms with Crippen molar-refractivity contribution in [1.82, 2.24) is 10.2 Å². The van der Waals surface area contributed by atoms with E-state index in [9.17, 15) is 0 Å². The molecule has 1 aliphatic rings. The van der Waals surface area contributed by atoms with Crippen LogP contribution in [0.3, 0.4) is 0 Å². The summed E-state index contributed by atoms with van der Waals surface area (Å²) in [4.78, 5) is 6.59. The van der Waals surface area contributed by atoms with Gasteiger partial charge in [0.1, 0.15) is 5.75 Å². The highest BCUT2D eigenvalue weighted by Gasteiger charge is 2.15. The van der Waals surface area contributed by atoms with Gasteiger partial charge in [-0.05, 0) is 43.4 Å². The molecule has 0 radical (unpaired) electrons. The van der Waals surface area contributed by atoms with Crippen LogP contribution in [0.1, 0.15) is 24.8 Å². The molecule has 0 amide bonds. The van der Waals surface area contributed by atoms with Crippen LogP contribution < -0.4 is 10.1 Å². The van der Waals surface area contributed by atoms with Gasteiger partial charge in [-0.15, -0.1) is 24.0 Å². The van der Waals surface area contributed by atoms with E-state index >= 15 is 0 Å². The molecule has 2 rings (SSSR count). The summed E-state index contributed by atoms with van der Waals surface area (Å²) in [7, 11) is 5.61. The van der Waals surface area contributed by atoms with Crippen molar-refractivity contribution in [3.63, 3.8) is 0 Å². The van der Waals surface area contributed by atoms with Crippen molar-refractivity contribution in [1.29, 1.82) is 0 Å². The maximum Gasteiger partial charge on any atom is 0.193 e. The molecule has 0 aromatic heterocycles. The molecule has 0 unspecified atom stereocenters. The molecule has 1 aliphatic heterocycles. The minimum absolute atomic E-state index is 0. The molecule has 0 bridgehead atoms. The third-order valence-electron chi connectivity index (χ3n) is 4.47. The molecule has 0 aliphatic carbocycles. The highest BCUT2D eigenvalue weighted by Crippen LogP contribution is 2.23. The largest absolute Gasteiger partial charge is 0.496 e. The monoisotopic (exact) mass is 525 g/mol. The molecule has 0 spiro atoms. The van der Waals surface area contributed by atoms with E-state index in [1.807, 2.05) is 19.2 Å². The van der Waals surface area contributed by atoms with Crippen LogP contribution >= 0.6 is 39.9 Å². The Morgan fingerprint density at radius 3 is 2.76 bits per heavy atom. The molecule has 1 fully saturated rings. The molecule has 0 atom stereocenters. The SMILES string of the molecule is CN=C(NCc1cc(Br)ccc1OC)N(C)CCC1CCOCC1.I. The number of nitrogens with zero attached hydrogens (tertiary/aromatic N) is 2. The molecule has 25 heavy (non-hydrogen) atoms. The van der Waals surface area contributed by atoms with Gasteiger partial charge < -0.3 is 19.7 Å². The Morgan fingerprint density at radius 1 is 1.40 bits per heavy atom. The van der Waals surface area contributed by atoms with E-state index in [0.29, 0.717) is 6.54 Å². The Labute approximate surface area is 176 Å². The summed E-state index contributed by atoms with van der Waals surface area (Å²) in [6.45, 7) is 3.49. The van der Waals surface area contributed by atoms with Crippen LogP contribution in [-0.2, 0) is 11.3 Å². The van der Waals surface area contributed by atoms with E-state index in [1.165, 1.54) is 19.3 Å². The number of halogens is 2. The van der Waals surface area contributed by atoms with E-state index in [0.717, 1.165) is 47.4 Å². The minimum atomic E-state index is 0. The summed E-state index contributed by atoms with van der Waals surface area (Å²) in [5.74, 6) is 2.56. The molecule has 1 saturated heterocycles. The molecular weight excluding hydrogens is 497 g/mol. The summed E-state index contributed by atoms with van der Waals surface area (Å²) in [5, 5.41) is 3.43. The van der Waals surface area contributed by atoms with Gasteiger partial charge in [0, 0.05) is 50.4 Å². The van der Waals surface area contributed by atoms with Gasteiger partial charge in [-0.3, -0.25) is 4.99 Å². The Hall–Kier alpha value is -0.540. The number of benzene rings is 1. The molecule has 7 heteroatoms. The van der Waals surface area contributed by atoms with Crippen molar-refractivity contribution in [2.75, 3.05) is 41.0 Å². The summed E-state index contributed by atoms with van der Waals surface area (Å²) in [6.07, 6.45) is 3.53. The lowest BCUT2D eigenvalue weighted by atomic mass is 9.96. The highest BCUT2D eigenvalue weighted by molar-refractivity contribution is 14.0. The molecule has 142 valence electrons. The minimum Gasteiger partial charge on any atom is -0.496 e. The molecule has 1 heterocycles. The van der Waals surface area contributed by atoms with E-state index in [1.54, 1.807) is 7.11 Å². The Kier molecular flexibility index (Phi) is 10.8. The summed E-state index contributed by atoms with van der Waals surface area (Å²) >= 11 is 3.51. The molecule has 0 saturated carbocycles. The van der Waals surface area contributed by atoms with E-state index < -0.39 is 0 Å². The quantitative estimate of drug-likeness (QED) is 0.347. The first-order chi connectivity index (χ1) is 11.6. The van der Waals surface area contributed by atoms with Gasteiger partial charge >= 0.3 is 0 Å². The number of methoxy groups -OCH3 is 1. The maximum atomic E-state index is 5.43. The van der Waals surface area contributed by atoms with Crippen molar-refractivity contribution < 1.29 is 9.47 Å². The van der Waals surface area contributed by atoms with Crippen LogP contribution in [0.25, 0.3) is 0 Å². The van der Waals surface area contributed by atoms with Crippen molar-refractivity contribution in [2.24, 2.45) is 10.9 Å². The van der Waals surface area contributed by atoms with Crippen molar-refractivity contribution in [3.8, 4) is 5.75 Å². The molecule has 1 aromatic rings. The third kappa shape index (κ3) is 7.30. The zero-order valence-electron chi connectivity index (χ0n) is 15.3. The second-order valence-electron chi connectivity index (χ2n) is 6.12. The molecular formula is C18H29BrIN3O2. The first kappa shape index (κ1) is 22.5. The fraction of sp³-hybridized carbons (Fsp3) is 0.611. The van der Waals surface area contributed by atoms with Gasteiger partial charge in [-0.2, -0.15) is 0 Å². The number of guanidine groups is 1. The summed E-state index contributed by atoms with van der Waals surface area (Å²) < 4.78 is 11.9. The standard InChI is InChI=1S/C18H28BrN3O2.HI/c1-20-18(22(2)9-6-14-7-10-24-11-8-14)21-13-15-12-16(19)4-5-17(15)23-3;/h4-5,12,14H,6-11,13H2,1-3H3,(H,20,21);1H. The number of aliphatic imine (C=N–C) groups is 1. The van der Waals surface area contributed by atoms with Crippen LogP contribution in [0.5, 0.6) is 5.75 Å². The van der Waals surface area contributed by atoms with E-state index in [4.69, 9.17) is 9.47 Å². The average molecular weight is 526 g/mol. The van der Waals surface area contributed by atoms with Crippen LogP contribution in [0, 0.1) is 5.92 Å². The lowest BCUT2D eigenvalue weighted by Gasteiger charge is -2.27. The average Bonchev–Trinajstić information content (AvgIpc) is 2.61. The molecule has 5 nitrogen and oxygen atoms in total. The van der Waals surface area contributed by atoms with Crippen LogP contribution in [0.2, 0.25) is 0 Å². The van der Waals surface area contributed by atoms with Gasteiger partial charge in [0.2, 0.25) is 0 Å². The highest BCUT2D eigenvalue weighted by atomic mass is 127. The maximum absolute atomic E-state index is 5.43. The Morgan fingerprint density at radius 2 is 2.12 bits per heavy atom. The summed E-state index contributed by atoms with van der Waals surface area (Å²) in [6, 6.07) is 6.02. The number of ether oxygens (including phenoxy) is 2. The smallest absolute Gasteiger partial charge is 0.193 e. The first-order valence-electron chi connectivity index (χ1n) is 8.46. The third-order valence-corrected chi connectivity index (χ3v) is 4.96. The predicted molar refractivity (Wildman–Crippen MR) is 117 cm³/mol. The van der Waals surface area contributed by atoms with Gasteiger partial charge in [0.25, 0.3) is 0 Å². The van der Waals surface area contributed by atoms with Crippen molar-refractivity contribution in [2.45, 2.75) is 25.8 Å². The lowest BCUT2D eigenvalue weighted by molar-refractivity contribution is 0.0625. The van der Waals surface area contributed by atoms with Gasteiger partial charge in [0.15, 0.2) is 5.96 Å². The summed E-state index contributed by atoms with van der Waals surface area (Å²) in [5.41, 5.74) is 1.10. The first-order valence-corrected chi connectivity index (χ1v) is 9.25. The fourth-order valence-electron chi connectivity index (χ4n) is 2.96. The van der Waals surface area contributed by atoms with Crippen molar-refractivity contribution >= 4 is 45.9 Å². The van der Waals surface area contributed by atoms with Crippen molar-refractivity contribution in [3.05, 3.63) is 28.2 Å². The lowest BCUT2D eigenvalue weighted by Crippen LogP contribution is -2.39. The van der Waals surface area contributed by atoms with E-state index in [-0.39, 0.29) is 24.0 Å². The van der Waals surface area contributed by atoms with Gasteiger partial charge in [0.05, 0.1) is 7.11 Å². The predicted octanol–water partition coefficient (Wildman–Crippen LogP) is 3.90. The Bertz CT molecular complexity index is 551. The zero-order valence-corrected chi connectivity index (χ0v) is 19.2. The van der Waals surface area contributed by atoms with Crippen LogP contribution in [0.15, 0.2) is 27.7 Å². The number of nitrogens with one attached hydrogen (secondary N) is 1. The van der Waals surface area contributed by atoms with Crippen LogP contribution in [0.4, 0.5) is 0 Å². The Balaban J connectivity index is 0.00000312. The second-order valence-corrected chi connectivity index (χ2v) is 7.04. The van der Waals surface area contributed by atoms with Gasteiger partial charge in [-0.25, -0.2) is 0 Å². The fourth-order valence-corrected chi connectivity index (χ4v) is 3.37. The van der Waals surface area contributed by atoms with Crippen LogP contribution in [-0.4, -0.2) is 51.8 Å². The molecule has 1 aromatic carbocycles. The topological polar surface area (TPSA) is 46.1 Å². The van der Waals surface area contributed by atoms with Gasteiger partial charge in [-0.1, -0.05) is 15.9 Å². The number of rotatable bonds is 6. The second kappa shape index (κ2) is 12.0. The normalized spacial score (nSPS) is 15.4. The van der Waals surface area contributed by atoms with E-state index in [2.05, 4.69) is 44.3 Å². The zero-order chi connectivity index (χ0) is 17.4. The molecule has 1 N–H and O–H groups in total. The number of hydrogen-bond donors (Lipinski definition) is 1.